The number of alkyl halides is 3. The molecule has 0 saturated carbocycles. The number of ether oxygens (including phenoxy) is 2. The van der Waals surface area contributed by atoms with Gasteiger partial charge < -0.3 is 9.47 Å². The van der Waals surface area contributed by atoms with Crippen molar-refractivity contribution in [3.05, 3.63) is 23.8 Å². The van der Waals surface area contributed by atoms with E-state index in [1.54, 1.807) is 0 Å². The highest BCUT2D eigenvalue weighted by Gasteiger charge is 2.42. The van der Waals surface area contributed by atoms with E-state index in [4.69, 9.17) is 9.47 Å². The van der Waals surface area contributed by atoms with Gasteiger partial charge in [0.15, 0.2) is 0 Å². The third kappa shape index (κ3) is 2.16. The third-order valence-corrected chi connectivity index (χ3v) is 2.03. The lowest BCUT2D eigenvalue weighted by molar-refractivity contribution is -0.119. The van der Waals surface area contributed by atoms with Crippen molar-refractivity contribution in [1.82, 2.24) is 0 Å². The fourth-order valence-corrected chi connectivity index (χ4v) is 1.36. The Morgan fingerprint density at radius 2 is 1.86 bits per heavy atom. The van der Waals surface area contributed by atoms with Crippen LogP contribution in [0.15, 0.2) is 23.8 Å². The van der Waals surface area contributed by atoms with Crippen molar-refractivity contribution in [3.63, 3.8) is 0 Å². The summed E-state index contributed by atoms with van der Waals surface area (Å²) in [5, 5.41) is 0. The van der Waals surface area contributed by atoms with E-state index >= 15 is 0 Å². The molecule has 1 aliphatic carbocycles. The Labute approximate surface area is 80.0 Å². The topological polar surface area (TPSA) is 18.5 Å². The monoisotopic (exact) mass is 208 g/mol. The minimum atomic E-state index is -4.37. The molecule has 1 rings (SSSR count). The molecule has 0 saturated heterocycles. The van der Waals surface area contributed by atoms with Crippen LogP contribution in [-0.4, -0.2) is 32.6 Å². The molecule has 0 heterocycles. The molecule has 0 aliphatic heterocycles. The summed E-state index contributed by atoms with van der Waals surface area (Å²) in [7, 11) is 2.58. The van der Waals surface area contributed by atoms with Crippen molar-refractivity contribution in [3.8, 4) is 0 Å². The van der Waals surface area contributed by atoms with Gasteiger partial charge >= 0.3 is 6.18 Å². The summed E-state index contributed by atoms with van der Waals surface area (Å²) in [6.45, 7) is 0. The summed E-state index contributed by atoms with van der Waals surface area (Å²) in [5.74, 6) is 0. The van der Waals surface area contributed by atoms with Crippen molar-refractivity contribution in [2.45, 2.75) is 18.4 Å². The van der Waals surface area contributed by atoms with Crippen LogP contribution in [0.5, 0.6) is 0 Å². The lowest BCUT2D eigenvalue weighted by atomic mass is 9.98. The van der Waals surface area contributed by atoms with Gasteiger partial charge in [0.1, 0.15) is 12.2 Å². The molecule has 0 radical (unpaired) electrons. The molecule has 0 fully saturated rings. The van der Waals surface area contributed by atoms with Gasteiger partial charge in [0.05, 0.1) is 5.57 Å². The second-order valence-electron chi connectivity index (χ2n) is 2.86. The second-order valence-corrected chi connectivity index (χ2v) is 2.86. The molecule has 5 heteroatoms. The predicted molar refractivity (Wildman–Crippen MR) is 44.9 cm³/mol. The normalized spacial score (nSPS) is 27.6. The highest BCUT2D eigenvalue weighted by Crippen LogP contribution is 2.33. The molecule has 2 nitrogen and oxygen atoms in total. The van der Waals surface area contributed by atoms with Crippen LogP contribution in [0.25, 0.3) is 0 Å². The fourth-order valence-electron chi connectivity index (χ4n) is 1.36. The van der Waals surface area contributed by atoms with Crippen LogP contribution in [0.4, 0.5) is 13.2 Å². The van der Waals surface area contributed by atoms with Gasteiger partial charge in [0.2, 0.25) is 0 Å². The molecule has 2 atom stereocenters. The summed E-state index contributed by atoms with van der Waals surface area (Å²) in [6, 6.07) is 0. The van der Waals surface area contributed by atoms with Crippen LogP contribution in [0.3, 0.4) is 0 Å². The van der Waals surface area contributed by atoms with Crippen LogP contribution in [-0.2, 0) is 9.47 Å². The molecular formula is C9H11F3O2. The minimum Gasteiger partial charge on any atom is -0.374 e. The van der Waals surface area contributed by atoms with Crippen LogP contribution in [0, 0.1) is 0 Å². The van der Waals surface area contributed by atoms with Gasteiger partial charge in [-0.15, -0.1) is 0 Å². The zero-order valence-electron chi connectivity index (χ0n) is 7.84. The van der Waals surface area contributed by atoms with Crippen LogP contribution in [0.2, 0.25) is 0 Å². The Morgan fingerprint density at radius 3 is 2.29 bits per heavy atom. The Kier molecular flexibility index (Phi) is 3.34. The zero-order valence-corrected chi connectivity index (χ0v) is 7.84. The summed E-state index contributed by atoms with van der Waals surface area (Å²) in [4.78, 5) is 0. The molecule has 0 unspecified atom stereocenters. The van der Waals surface area contributed by atoms with Crippen LogP contribution < -0.4 is 0 Å². The SMILES string of the molecule is CO[C@@H]1C=CC=C(C(F)(F)F)[C@@H]1OC. The quantitative estimate of drug-likeness (QED) is 0.691. The molecule has 14 heavy (non-hydrogen) atoms. The number of methoxy groups -OCH3 is 2. The van der Waals surface area contributed by atoms with Crippen molar-refractivity contribution < 1.29 is 22.6 Å². The molecule has 0 aromatic rings. The summed E-state index contributed by atoms with van der Waals surface area (Å²) >= 11 is 0. The van der Waals surface area contributed by atoms with Crippen molar-refractivity contribution >= 4 is 0 Å². The van der Waals surface area contributed by atoms with E-state index in [9.17, 15) is 13.2 Å². The second kappa shape index (κ2) is 4.14. The van der Waals surface area contributed by atoms with Gasteiger partial charge in [-0.25, -0.2) is 0 Å². The standard InChI is InChI=1S/C9H11F3O2/c1-13-7-5-3-4-6(8(7)14-2)9(10,11)12/h3-5,7-8H,1-2H3/t7-,8+/m1/s1. The van der Waals surface area contributed by atoms with E-state index in [2.05, 4.69) is 0 Å². The van der Waals surface area contributed by atoms with E-state index in [1.807, 2.05) is 0 Å². The molecular weight excluding hydrogens is 197 g/mol. The maximum Gasteiger partial charge on any atom is 0.415 e. The van der Waals surface area contributed by atoms with Crippen molar-refractivity contribution in [1.29, 1.82) is 0 Å². The molecule has 0 aromatic carbocycles. The van der Waals surface area contributed by atoms with Crippen molar-refractivity contribution in [2.24, 2.45) is 0 Å². The van der Waals surface area contributed by atoms with E-state index < -0.39 is 24.0 Å². The average Bonchev–Trinajstić information content (AvgIpc) is 2.15. The first-order valence-corrected chi connectivity index (χ1v) is 4.02. The molecule has 1 aliphatic rings. The smallest absolute Gasteiger partial charge is 0.374 e. The predicted octanol–water partition coefficient (Wildman–Crippen LogP) is 2.07. The summed E-state index contributed by atoms with van der Waals surface area (Å²) in [6.07, 6.45) is -2.27. The highest BCUT2D eigenvalue weighted by atomic mass is 19.4. The first-order chi connectivity index (χ1) is 6.50. The number of allylic oxidation sites excluding steroid dienone is 2. The Hall–Kier alpha value is -0.810. The maximum absolute atomic E-state index is 12.5. The van der Waals surface area contributed by atoms with E-state index in [0.29, 0.717) is 0 Å². The average molecular weight is 208 g/mol. The summed E-state index contributed by atoms with van der Waals surface area (Å²) < 4.78 is 47.0. The molecule has 0 bridgehead atoms. The Balaban J connectivity index is 2.93. The number of hydrogen-bond donors (Lipinski definition) is 0. The van der Waals surface area contributed by atoms with Crippen LogP contribution in [0.1, 0.15) is 0 Å². The van der Waals surface area contributed by atoms with E-state index in [1.165, 1.54) is 26.4 Å². The number of halogens is 3. The maximum atomic E-state index is 12.5. The lowest BCUT2D eigenvalue weighted by Crippen LogP contribution is -2.37. The minimum absolute atomic E-state index is 0.679. The highest BCUT2D eigenvalue weighted by molar-refractivity contribution is 5.29. The fraction of sp³-hybridized carbons (Fsp3) is 0.556. The lowest BCUT2D eigenvalue weighted by Gasteiger charge is -2.28. The third-order valence-electron chi connectivity index (χ3n) is 2.03. The number of rotatable bonds is 2. The van der Waals surface area contributed by atoms with Gasteiger partial charge in [-0.05, 0) is 0 Å². The van der Waals surface area contributed by atoms with Gasteiger partial charge in [0.25, 0.3) is 0 Å². The Bertz CT molecular complexity index is 255. The molecule has 0 spiro atoms. The molecule has 0 aromatic heterocycles. The van der Waals surface area contributed by atoms with Gasteiger partial charge in [0, 0.05) is 14.2 Å². The molecule has 0 amide bonds. The zero-order chi connectivity index (χ0) is 10.8. The molecule has 0 N–H and O–H groups in total. The van der Waals surface area contributed by atoms with Gasteiger partial charge in [-0.3, -0.25) is 0 Å². The van der Waals surface area contributed by atoms with E-state index in [0.717, 1.165) is 6.08 Å². The van der Waals surface area contributed by atoms with Crippen molar-refractivity contribution in [2.75, 3.05) is 14.2 Å². The van der Waals surface area contributed by atoms with E-state index in [-0.39, 0.29) is 0 Å². The molecule has 80 valence electrons. The van der Waals surface area contributed by atoms with Crippen LogP contribution >= 0.6 is 0 Å². The Morgan fingerprint density at radius 1 is 1.21 bits per heavy atom. The summed E-state index contributed by atoms with van der Waals surface area (Å²) in [5.41, 5.74) is -0.714. The van der Waals surface area contributed by atoms with Gasteiger partial charge in [-0.2, -0.15) is 13.2 Å². The van der Waals surface area contributed by atoms with Gasteiger partial charge in [-0.1, -0.05) is 18.2 Å². The first-order valence-electron chi connectivity index (χ1n) is 4.02. The first kappa shape index (κ1) is 11.3. The largest absolute Gasteiger partial charge is 0.415 e. The number of hydrogen-bond acceptors (Lipinski definition) is 2.